The van der Waals surface area contributed by atoms with Crippen LogP contribution < -0.4 is 14.2 Å². The number of para-hydroxylation sites is 1. The summed E-state index contributed by atoms with van der Waals surface area (Å²) < 4.78 is 17.0. The van der Waals surface area contributed by atoms with E-state index in [1.165, 1.54) is 64.6 Å². The molecule has 0 aliphatic carbocycles. The molecule has 0 spiro atoms. The van der Waals surface area contributed by atoms with Crippen molar-refractivity contribution in [1.29, 1.82) is 0 Å². The average Bonchev–Trinajstić information content (AvgIpc) is 2.12. The van der Waals surface area contributed by atoms with Crippen LogP contribution in [-0.4, -0.2) is 19.3 Å². The van der Waals surface area contributed by atoms with E-state index in [4.69, 9.17) is 49.0 Å². The van der Waals surface area contributed by atoms with Crippen molar-refractivity contribution in [2.24, 2.45) is 27.1 Å². The molecule has 3 nitrogen and oxygen atoms in total. The molecule has 1 atom stereocenters. The molecule has 0 saturated carbocycles. The molecule has 7 rings (SSSR count). The number of aryl methyl sites for hydroxylation is 7. The Morgan fingerprint density at radius 2 is 0.800 bits per heavy atom. The van der Waals surface area contributed by atoms with Crippen molar-refractivity contribution in [2.45, 2.75) is 237 Å². The molecule has 500 valence electrons. The number of hydrogen-bond donors (Lipinski definition) is 0. The van der Waals surface area contributed by atoms with E-state index >= 15 is 0 Å². The molecule has 0 amide bonds. The van der Waals surface area contributed by atoms with Crippen molar-refractivity contribution in [3.8, 4) is 17.2 Å². The molecular weight excluding hydrogens is 1160 g/mol. The van der Waals surface area contributed by atoms with Gasteiger partial charge in [0.05, 0.1) is 23.3 Å². The lowest BCUT2D eigenvalue weighted by Crippen LogP contribution is -2.28. The zero-order valence-corrected chi connectivity index (χ0v) is 63.0. The maximum absolute atomic E-state index is 6.03. The highest BCUT2D eigenvalue weighted by Gasteiger charge is 2.22. The predicted octanol–water partition coefficient (Wildman–Crippen LogP) is 27.2. The Morgan fingerprint density at radius 3 is 1.22 bits per heavy atom. The fraction of sp³-hybridized carbons (Fsp3) is 0.500. The van der Waals surface area contributed by atoms with Crippen molar-refractivity contribution < 1.29 is 14.2 Å². The summed E-state index contributed by atoms with van der Waals surface area (Å²) in [5, 5.41) is 2.12. The van der Waals surface area contributed by atoms with Crippen LogP contribution in [0.2, 0.25) is 15.1 Å². The summed E-state index contributed by atoms with van der Waals surface area (Å²) in [6.45, 7) is 60.2. The summed E-state index contributed by atoms with van der Waals surface area (Å²) in [6, 6.07) is 56.2. The van der Waals surface area contributed by atoms with Crippen molar-refractivity contribution in [3.63, 3.8) is 0 Å². The van der Waals surface area contributed by atoms with Gasteiger partial charge in [-0.25, -0.2) is 0 Å². The highest BCUT2D eigenvalue weighted by atomic mass is 35.5. The number of halogens is 3. The SMILES string of the molecule is C.CC(C)(C)CCc1ccccc1.CC(Oc1ccccc1Cl)C(C)(C)C.Cc1ccc(C(C)(C)C)cc1.Cc1ccc(CCC(C)(C)C)cc1.Cc1ccc(OCC(C)(C)C)c(Cl)c1.Cc1ccc(OCC(C)(C)C)cc1Cl.Cc1cccc(C(C)(C)C)c1. The first-order chi connectivity index (χ1) is 40.7. The highest BCUT2D eigenvalue weighted by Crippen LogP contribution is 2.31. The molecule has 0 fully saturated rings. The van der Waals surface area contributed by atoms with E-state index in [1.54, 1.807) is 0 Å². The van der Waals surface area contributed by atoms with Gasteiger partial charge >= 0.3 is 0 Å². The zero-order chi connectivity index (χ0) is 68.2. The zero-order valence-electron chi connectivity index (χ0n) is 60.8. The molecule has 7 aromatic carbocycles. The lowest BCUT2D eigenvalue weighted by atomic mass is 9.86. The maximum atomic E-state index is 6.03. The largest absolute Gasteiger partial charge is 0.493 e. The second-order valence-corrected chi connectivity index (χ2v) is 33.1. The maximum Gasteiger partial charge on any atom is 0.138 e. The van der Waals surface area contributed by atoms with Crippen LogP contribution in [0.5, 0.6) is 17.2 Å². The first kappa shape index (κ1) is 84.8. The molecule has 0 aliphatic heterocycles. The number of ether oxygens (including phenoxy) is 3. The topological polar surface area (TPSA) is 27.7 Å². The summed E-state index contributed by atoms with van der Waals surface area (Å²) >= 11 is 18.0. The Morgan fingerprint density at radius 1 is 0.356 bits per heavy atom. The van der Waals surface area contributed by atoms with Crippen LogP contribution in [0.25, 0.3) is 0 Å². The molecule has 0 aromatic heterocycles. The van der Waals surface area contributed by atoms with E-state index < -0.39 is 0 Å². The average molecular weight is 1290 g/mol. The van der Waals surface area contributed by atoms with Gasteiger partial charge in [0, 0.05) is 5.02 Å². The number of benzene rings is 7. The third kappa shape index (κ3) is 41.3. The Balaban J connectivity index is 0.00000103. The van der Waals surface area contributed by atoms with Gasteiger partial charge in [-0.05, 0) is 175 Å². The lowest BCUT2D eigenvalue weighted by molar-refractivity contribution is 0.104. The third-order valence-corrected chi connectivity index (χ3v) is 15.0. The second-order valence-electron chi connectivity index (χ2n) is 31.9. The van der Waals surface area contributed by atoms with E-state index in [-0.39, 0.29) is 40.6 Å². The van der Waals surface area contributed by atoms with Gasteiger partial charge in [0.15, 0.2) is 0 Å². The molecule has 90 heavy (non-hydrogen) atoms. The van der Waals surface area contributed by atoms with Crippen molar-refractivity contribution in [2.75, 3.05) is 13.2 Å². The quantitative estimate of drug-likeness (QED) is 0.137. The minimum atomic E-state index is 0. The van der Waals surface area contributed by atoms with Crippen molar-refractivity contribution in [1.82, 2.24) is 0 Å². The van der Waals surface area contributed by atoms with Crippen LogP contribution in [0.3, 0.4) is 0 Å². The summed E-state index contributed by atoms with van der Waals surface area (Å²) in [5.41, 5.74) is 13.9. The Kier molecular flexibility index (Phi) is 37.1. The van der Waals surface area contributed by atoms with Crippen molar-refractivity contribution in [3.05, 3.63) is 229 Å². The molecule has 0 N–H and O–H groups in total. The van der Waals surface area contributed by atoms with Gasteiger partial charge in [-0.15, -0.1) is 0 Å². The first-order valence-corrected chi connectivity index (χ1v) is 33.3. The smallest absolute Gasteiger partial charge is 0.138 e. The molecule has 7 aromatic rings. The molecular formula is C84H125Cl3O3. The monoisotopic (exact) mass is 1290 g/mol. The first-order valence-electron chi connectivity index (χ1n) is 32.2. The van der Waals surface area contributed by atoms with Crippen LogP contribution >= 0.6 is 34.8 Å². The molecule has 0 bridgehead atoms. The molecule has 0 saturated heterocycles. The van der Waals surface area contributed by atoms with Gasteiger partial charge in [0.2, 0.25) is 0 Å². The standard InChI is InChI=1S/C13H20.3C12H17ClO.C12H18.2C11H16.CH4/c1-11-5-7-12(8-6-11)9-10-13(2,3)4;1-9-5-6-10(7-11(9)13)14-8-12(2,3)4;1-9-5-6-11(10(13)7-9)14-8-12(2,3)4;1-9(12(2,3)4)14-11-8-6-5-7-10(11)13;1-12(2,3)10-9-11-7-5-4-6-8-11;1-9-5-7-10(8-6-9)11(2,3)4;1-9-6-5-7-10(8-9)11(2,3)4;/h5-8H,9-10H2,1-4H3;2*5-7H,8H2,1-4H3;5-9H,1-4H3;4-8H,9-10H2,1-3H3;2*5-8H,1-4H3;1H4. The molecule has 0 heterocycles. The van der Waals surface area contributed by atoms with Gasteiger partial charge in [0.1, 0.15) is 23.4 Å². The molecule has 1 unspecified atom stereocenters. The van der Waals surface area contributed by atoms with E-state index in [0.717, 1.165) is 33.4 Å². The van der Waals surface area contributed by atoms with E-state index in [0.29, 0.717) is 34.1 Å². The third-order valence-electron chi connectivity index (χ3n) is 14.0. The Hall–Kier alpha value is -5.19. The minimum absolute atomic E-state index is 0. The van der Waals surface area contributed by atoms with Crippen LogP contribution in [-0.2, 0) is 23.7 Å². The fourth-order valence-corrected chi connectivity index (χ4v) is 8.13. The van der Waals surface area contributed by atoms with Crippen LogP contribution in [0, 0.1) is 61.7 Å². The van der Waals surface area contributed by atoms with Crippen molar-refractivity contribution >= 4 is 34.8 Å². The van der Waals surface area contributed by atoms with Gasteiger partial charge in [-0.2, -0.15) is 0 Å². The van der Waals surface area contributed by atoms with Crippen LogP contribution in [0.15, 0.2) is 164 Å². The second kappa shape index (κ2) is 39.4. The molecule has 6 heteroatoms. The molecule has 0 aliphatic rings. The van der Waals surface area contributed by atoms with Gasteiger partial charge in [-0.1, -0.05) is 332 Å². The minimum Gasteiger partial charge on any atom is -0.493 e. The summed E-state index contributed by atoms with van der Waals surface area (Å²) in [4.78, 5) is 0. The van der Waals surface area contributed by atoms with E-state index in [2.05, 4.69) is 276 Å². The van der Waals surface area contributed by atoms with Crippen LogP contribution in [0.4, 0.5) is 0 Å². The molecule has 0 radical (unpaired) electrons. The van der Waals surface area contributed by atoms with E-state index in [1.807, 2.05) is 74.5 Å². The number of hydrogen-bond acceptors (Lipinski definition) is 3. The van der Waals surface area contributed by atoms with Crippen LogP contribution in [0.1, 0.15) is 223 Å². The Labute approximate surface area is 568 Å². The Bertz CT molecular complexity index is 3030. The highest BCUT2D eigenvalue weighted by molar-refractivity contribution is 6.32. The predicted molar refractivity (Wildman–Crippen MR) is 403 cm³/mol. The van der Waals surface area contributed by atoms with Gasteiger partial charge in [-0.3, -0.25) is 0 Å². The van der Waals surface area contributed by atoms with Gasteiger partial charge < -0.3 is 14.2 Å². The normalized spacial score (nSPS) is 11.8. The van der Waals surface area contributed by atoms with Gasteiger partial charge in [0.25, 0.3) is 0 Å². The summed E-state index contributed by atoms with van der Waals surface area (Å²) in [5.74, 6) is 2.37. The fourth-order valence-electron chi connectivity index (χ4n) is 7.49. The summed E-state index contributed by atoms with van der Waals surface area (Å²) in [6.07, 6.45) is 5.06. The van der Waals surface area contributed by atoms with E-state index in [9.17, 15) is 0 Å². The number of rotatable bonds is 10. The lowest BCUT2D eigenvalue weighted by Gasteiger charge is -2.28. The summed E-state index contributed by atoms with van der Waals surface area (Å²) in [7, 11) is 0.